The Hall–Kier alpha value is -3.11. The van der Waals surface area contributed by atoms with Crippen LogP contribution in [0.3, 0.4) is 0 Å². The second-order valence-corrected chi connectivity index (χ2v) is 7.11. The molecule has 2 aromatic carbocycles. The molecule has 0 spiro atoms. The lowest BCUT2D eigenvalue weighted by Crippen LogP contribution is -2.14. The van der Waals surface area contributed by atoms with E-state index in [1.54, 1.807) is 4.68 Å². The van der Waals surface area contributed by atoms with Crippen LogP contribution >= 0.6 is 11.8 Å². The first-order valence-corrected chi connectivity index (χ1v) is 9.64. The van der Waals surface area contributed by atoms with Gasteiger partial charge in [0.25, 0.3) is 0 Å². The van der Waals surface area contributed by atoms with Gasteiger partial charge in [0.05, 0.1) is 11.8 Å². The number of rotatable bonds is 5. The van der Waals surface area contributed by atoms with Crippen LogP contribution in [-0.4, -0.2) is 31.9 Å². The summed E-state index contributed by atoms with van der Waals surface area (Å²) in [5.74, 6) is 6.39. The summed E-state index contributed by atoms with van der Waals surface area (Å²) in [6, 6.07) is 17.7. The summed E-state index contributed by atoms with van der Waals surface area (Å²) in [7, 11) is 0. The Bertz CT molecular complexity index is 1000. The number of tetrazole rings is 1. The van der Waals surface area contributed by atoms with Crippen LogP contribution in [0.5, 0.6) is 0 Å². The molecule has 0 radical (unpaired) electrons. The van der Waals surface area contributed by atoms with E-state index in [2.05, 4.69) is 32.7 Å². The van der Waals surface area contributed by atoms with Gasteiger partial charge in [-0.25, -0.2) is 4.68 Å². The lowest BCUT2D eigenvalue weighted by molar-refractivity contribution is -0.113. The summed E-state index contributed by atoms with van der Waals surface area (Å²) < 4.78 is 1.80. The molecule has 0 bridgehead atoms. The Morgan fingerprint density at radius 3 is 2.70 bits per heavy atom. The Labute approximate surface area is 161 Å². The average molecular weight is 375 g/mol. The van der Waals surface area contributed by atoms with Gasteiger partial charge in [-0.05, 0) is 53.6 Å². The molecule has 0 atom stereocenters. The van der Waals surface area contributed by atoms with E-state index in [0.29, 0.717) is 11.2 Å². The molecule has 7 heteroatoms. The van der Waals surface area contributed by atoms with Gasteiger partial charge < -0.3 is 5.32 Å². The Kier molecular flexibility index (Phi) is 5.17. The van der Waals surface area contributed by atoms with E-state index < -0.39 is 0 Å². The highest BCUT2D eigenvalue weighted by Crippen LogP contribution is 2.36. The maximum absolute atomic E-state index is 12.2. The minimum Gasteiger partial charge on any atom is -0.325 e. The molecule has 1 heterocycles. The fourth-order valence-corrected chi connectivity index (χ4v) is 3.24. The van der Waals surface area contributed by atoms with Crippen molar-refractivity contribution in [1.82, 2.24) is 20.2 Å². The first-order chi connectivity index (χ1) is 13.3. The van der Waals surface area contributed by atoms with Crippen molar-refractivity contribution in [3.63, 3.8) is 0 Å². The minimum absolute atomic E-state index is 0.0986. The maximum Gasteiger partial charge on any atom is 0.234 e. The molecule has 27 heavy (non-hydrogen) atoms. The van der Waals surface area contributed by atoms with Crippen LogP contribution in [0.1, 0.15) is 30.0 Å². The van der Waals surface area contributed by atoms with E-state index in [9.17, 15) is 4.79 Å². The summed E-state index contributed by atoms with van der Waals surface area (Å²) in [5.41, 5.74) is 2.53. The highest BCUT2D eigenvalue weighted by atomic mass is 32.2. The van der Waals surface area contributed by atoms with E-state index in [1.165, 1.54) is 11.8 Å². The van der Waals surface area contributed by atoms with Crippen LogP contribution in [0.25, 0.3) is 0 Å². The summed E-state index contributed by atoms with van der Waals surface area (Å²) in [6.07, 6.45) is 2.20. The highest BCUT2D eigenvalue weighted by molar-refractivity contribution is 7.99. The number of carbonyl (C=O) groups excluding carboxylic acids is 1. The first-order valence-electron chi connectivity index (χ1n) is 8.65. The Morgan fingerprint density at radius 2 is 1.89 bits per heavy atom. The van der Waals surface area contributed by atoms with E-state index in [0.717, 1.165) is 29.7 Å². The van der Waals surface area contributed by atoms with Gasteiger partial charge in [0.1, 0.15) is 0 Å². The van der Waals surface area contributed by atoms with Crippen molar-refractivity contribution in [2.24, 2.45) is 0 Å². The van der Waals surface area contributed by atoms with Crippen molar-refractivity contribution in [3.8, 4) is 11.8 Å². The molecule has 4 rings (SSSR count). The van der Waals surface area contributed by atoms with Gasteiger partial charge in [0.15, 0.2) is 0 Å². The van der Waals surface area contributed by atoms with Crippen molar-refractivity contribution >= 4 is 23.4 Å². The number of carbonyl (C=O) groups is 1. The van der Waals surface area contributed by atoms with Crippen molar-refractivity contribution in [1.29, 1.82) is 0 Å². The molecule has 0 saturated heterocycles. The third kappa shape index (κ3) is 4.74. The third-order valence-corrected chi connectivity index (χ3v) is 4.89. The van der Waals surface area contributed by atoms with Crippen LogP contribution in [0.2, 0.25) is 0 Å². The SMILES string of the molecule is O=C(CSc1nnnn1C1CC1)Nc1cccc(C#Cc2ccccc2)c1. The molecule has 134 valence electrons. The molecule has 1 aliphatic carbocycles. The summed E-state index contributed by atoms with van der Waals surface area (Å²) in [6.45, 7) is 0. The standard InChI is InChI=1S/C20H17N5OS/c26-19(14-27-20-22-23-24-25(20)18-11-12-18)21-17-8-4-7-16(13-17)10-9-15-5-2-1-3-6-15/h1-8,13,18H,11-12,14H2,(H,21,26). The van der Waals surface area contributed by atoms with Gasteiger partial charge >= 0.3 is 0 Å². The number of anilines is 1. The number of hydrogen-bond acceptors (Lipinski definition) is 5. The molecule has 1 saturated carbocycles. The summed E-state index contributed by atoms with van der Waals surface area (Å²) in [4.78, 5) is 12.2. The first kappa shape index (κ1) is 17.3. The maximum atomic E-state index is 12.2. The zero-order chi connectivity index (χ0) is 18.5. The average Bonchev–Trinajstić information content (AvgIpc) is 3.43. The molecule has 0 unspecified atom stereocenters. The normalized spacial score (nSPS) is 12.9. The topological polar surface area (TPSA) is 72.7 Å². The predicted molar refractivity (Wildman–Crippen MR) is 104 cm³/mol. The summed E-state index contributed by atoms with van der Waals surface area (Å²) >= 11 is 1.35. The second kappa shape index (κ2) is 8.06. The van der Waals surface area contributed by atoms with Gasteiger partial charge in [0, 0.05) is 16.8 Å². The zero-order valence-electron chi connectivity index (χ0n) is 14.5. The van der Waals surface area contributed by atoms with Crippen LogP contribution in [0, 0.1) is 11.8 Å². The van der Waals surface area contributed by atoms with Crippen LogP contribution in [0.4, 0.5) is 5.69 Å². The number of nitrogens with zero attached hydrogens (tertiary/aromatic N) is 4. The predicted octanol–water partition coefficient (Wildman–Crippen LogP) is 3.14. The highest BCUT2D eigenvalue weighted by Gasteiger charge is 2.28. The zero-order valence-corrected chi connectivity index (χ0v) is 15.3. The lowest BCUT2D eigenvalue weighted by atomic mass is 10.1. The van der Waals surface area contributed by atoms with E-state index in [-0.39, 0.29) is 11.7 Å². The van der Waals surface area contributed by atoms with Crippen molar-refractivity contribution in [3.05, 3.63) is 65.7 Å². The number of aromatic nitrogens is 4. The molecule has 3 aromatic rings. The van der Waals surface area contributed by atoms with Gasteiger partial charge in [-0.1, -0.05) is 47.9 Å². The van der Waals surface area contributed by atoms with Crippen molar-refractivity contribution in [2.75, 3.05) is 11.1 Å². The largest absolute Gasteiger partial charge is 0.325 e. The molecular formula is C20H17N5OS. The quantitative estimate of drug-likeness (QED) is 0.548. The molecule has 1 amide bonds. The molecule has 1 aliphatic rings. The van der Waals surface area contributed by atoms with E-state index >= 15 is 0 Å². The molecular weight excluding hydrogens is 358 g/mol. The van der Waals surface area contributed by atoms with Crippen LogP contribution < -0.4 is 5.32 Å². The third-order valence-electron chi connectivity index (χ3n) is 3.96. The van der Waals surface area contributed by atoms with Gasteiger partial charge in [0.2, 0.25) is 11.1 Å². The van der Waals surface area contributed by atoms with Gasteiger partial charge in [-0.2, -0.15) is 0 Å². The number of hydrogen-bond donors (Lipinski definition) is 1. The van der Waals surface area contributed by atoms with Crippen LogP contribution in [-0.2, 0) is 4.79 Å². The van der Waals surface area contributed by atoms with Crippen molar-refractivity contribution < 1.29 is 4.79 Å². The number of benzene rings is 2. The molecule has 1 fully saturated rings. The molecule has 1 N–H and O–H groups in total. The molecule has 1 aromatic heterocycles. The van der Waals surface area contributed by atoms with Crippen LogP contribution in [0.15, 0.2) is 59.8 Å². The van der Waals surface area contributed by atoms with E-state index in [4.69, 9.17) is 0 Å². The molecule has 0 aliphatic heterocycles. The smallest absolute Gasteiger partial charge is 0.234 e. The molecule has 6 nitrogen and oxygen atoms in total. The monoisotopic (exact) mass is 375 g/mol. The fourth-order valence-electron chi connectivity index (χ4n) is 2.50. The minimum atomic E-state index is -0.0986. The number of thioether (sulfide) groups is 1. The Balaban J connectivity index is 1.35. The fraction of sp³-hybridized carbons (Fsp3) is 0.200. The number of amides is 1. The summed E-state index contributed by atoms with van der Waals surface area (Å²) in [5, 5.41) is 15.3. The van der Waals surface area contributed by atoms with Gasteiger partial charge in [-0.15, -0.1) is 5.10 Å². The second-order valence-electron chi connectivity index (χ2n) is 6.17. The lowest BCUT2D eigenvalue weighted by Gasteiger charge is -2.05. The van der Waals surface area contributed by atoms with E-state index in [1.807, 2.05) is 54.6 Å². The van der Waals surface area contributed by atoms with Gasteiger partial charge in [-0.3, -0.25) is 4.79 Å². The van der Waals surface area contributed by atoms with Crippen molar-refractivity contribution in [2.45, 2.75) is 24.0 Å². The Morgan fingerprint density at radius 1 is 1.11 bits per heavy atom. The number of nitrogens with one attached hydrogen (secondary N) is 1.